The number of nitrogens with zero attached hydrogens (tertiary/aromatic N) is 2. The first-order chi connectivity index (χ1) is 9.81. The molecule has 1 aliphatic rings. The molecule has 1 saturated heterocycles. The van der Waals surface area contributed by atoms with E-state index in [1.807, 2.05) is 7.05 Å². The van der Waals surface area contributed by atoms with Crippen LogP contribution in [0, 0.1) is 0 Å². The Morgan fingerprint density at radius 1 is 1.43 bits per heavy atom. The number of carbonyl (C=O) groups excluding carboxylic acids is 1. The summed E-state index contributed by atoms with van der Waals surface area (Å²) in [5, 5.41) is 13.7. The van der Waals surface area contributed by atoms with E-state index in [0.29, 0.717) is 18.0 Å². The molecule has 1 atom stereocenters. The summed E-state index contributed by atoms with van der Waals surface area (Å²) in [6.45, 7) is 6.09. The molecule has 1 unspecified atom stereocenters. The third-order valence-corrected chi connectivity index (χ3v) is 4.88. The standard InChI is InChI=1S/C14H21N3O3S/c1-14(2)9-17(7-6-16(14)3)13(20)15-11(12(18)19)10-5-4-8-21-10/h4-5,8,11H,6-7,9H2,1-3H3,(H,15,20)(H,18,19). The van der Waals surface area contributed by atoms with Crippen molar-refractivity contribution in [2.75, 3.05) is 26.7 Å². The molecule has 21 heavy (non-hydrogen) atoms. The summed E-state index contributed by atoms with van der Waals surface area (Å²) >= 11 is 1.33. The fourth-order valence-electron chi connectivity index (χ4n) is 2.34. The minimum Gasteiger partial charge on any atom is -0.479 e. The zero-order valence-corrected chi connectivity index (χ0v) is 13.3. The van der Waals surface area contributed by atoms with Crippen LogP contribution >= 0.6 is 11.3 Å². The highest BCUT2D eigenvalue weighted by atomic mass is 32.1. The van der Waals surface area contributed by atoms with Crippen LogP contribution in [0.5, 0.6) is 0 Å². The summed E-state index contributed by atoms with van der Waals surface area (Å²) in [6.07, 6.45) is 0. The highest BCUT2D eigenvalue weighted by Crippen LogP contribution is 2.22. The lowest BCUT2D eigenvalue weighted by molar-refractivity contribution is -0.139. The molecule has 0 radical (unpaired) electrons. The molecule has 0 bridgehead atoms. The number of thiophene rings is 1. The van der Waals surface area contributed by atoms with E-state index in [9.17, 15) is 14.7 Å². The molecule has 7 heteroatoms. The van der Waals surface area contributed by atoms with Gasteiger partial charge in [0.05, 0.1) is 0 Å². The van der Waals surface area contributed by atoms with Gasteiger partial charge in [0, 0.05) is 30.1 Å². The molecule has 1 aliphatic heterocycles. The molecule has 1 aromatic heterocycles. The quantitative estimate of drug-likeness (QED) is 0.889. The van der Waals surface area contributed by atoms with Gasteiger partial charge in [-0.3, -0.25) is 4.90 Å². The smallest absolute Gasteiger partial charge is 0.331 e. The fraction of sp³-hybridized carbons (Fsp3) is 0.571. The third-order valence-electron chi connectivity index (χ3n) is 3.95. The van der Waals surface area contributed by atoms with Crippen molar-refractivity contribution in [3.8, 4) is 0 Å². The SMILES string of the molecule is CN1CCN(C(=O)NC(C(=O)O)c2cccs2)CC1(C)C. The van der Waals surface area contributed by atoms with Crippen LogP contribution in [0.15, 0.2) is 17.5 Å². The number of piperazine rings is 1. The van der Waals surface area contributed by atoms with E-state index in [4.69, 9.17) is 0 Å². The van der Waals surface area contributed by atoms with Gasteiger partial charge in [0.1, 0.15) is 0 Å². The van der Waals surface area contributed by atoms with Gasteiger partial charge < -0.3 is 15.3 Å². The van der Waals surface area contributed by atoms with Crippen molar-refractivity contribution >= 4 is 23.3 Å². The van der Waals surface area contributed by atoms with Gasteiger partial charge in [-0.05, 0) is 32.3 Å². The number of aliphatic carboxylic acids is 1. The van der Waals surface area contributed by atoms with Gasteiger partial charge in [0.15, 0.2) is 6.04 Å². The van der Waals surface area contributed by atoms with Crippen molar-refractivity contribution in [2.45, 2.75) is 25.4 Å². The average Bonchev–Trinajstić information content (AvgIpc) is 2.92. The third kappa shape index (κ3) is 3.54. The van der Waals surface area contributed by atoms with Gasteiger partial charge in [-0.1, -0.05) is 6.07 Å². The Balaban J connectivity index is 2.05. The van der Waals surface area contributed by atoms with Crippen LogP contribution in [0.4, 0.5) is 4.79 Å². The van der Waals surface area contributed by atoms with E-state index in [1.165, 1.54) is 11.3 Å². The Hall–Kier alpha value is -1.60. The second-order valence-electron chi connectivity index (χ2n) is 5.89. The van der Waals surface area contributed by atoms with Gasteiger partial charge in [0.2, 0.25) is 0 Å². The van der Waals surface area contributed by atoms with Crippen molar-refractivity contribution in [2.24, 2.45) is 0 Å². The second kappa shape index (κ2) is 6.03. The number of hydrogen-bond donors (Lipinski definition) is 2. The van der Waals surface area contributed by atoms with E-state index in [1.54, 1.807) is 22.4 Å². The lowest BCUT2D eigenvalue weighted by Crippen LogP contribution is -2.60. The number of rotatable bonds is 3. The van der Waals surface area contributed by atoms with Crippen LogP contribution in [0.2, 0.25) is 0 Å². The second-order valence-corrected chi connectivity index (χ2v) is 6.87. The van der Waals surface area contributed by atoms with Gasteiger partial charge in [-0.15, -0.1) is 11.3 Å². The maximum Gasteiger partial charge on any atom is 0.331 e. The maximum absolute atomic E-state index is 12.3. The molecule has 2 heterocycles. The van der Waals surface area contributed by atoms with Crippen molar-refractivity contribution in [3.63, 3.8) is 0 Å². The van der Waals surface area contributed by atoms with Crippen LogP contribution in [-0.2, 0) is 4.79 Å². The van der Waals surface area contributed by atoms with Gasteiger partial charge in [0.25, 0.3) is 0 Å². The summed E-state index contributed by atoms with van der Waals surface area (Å²) in [4.78, 5) is 28.2. The van der Waals surface area contributed by atoms with Crippen molar-refractivity contribution in [3.05, 3.63) is 22.4 Å². The first-order valence-corrected chi connectivity index (χ1v) is 7.72. The molecule has 0 aliphatic carbocycles. The predicted octanol–water partition coefficient (Wildman–Crippen LogP) is 1.61. The van der Waals surface area contributed by atoms with Gasteiger partial charge >= 0.3 is 12.0 Å². The number of carbonyl (C=O) groups is 2. The lowest BCUT2D eigenvalue weighted by atomic mass is 10.00. The van der Waals surface area contributed by atoms with Crippen LogP contribution < -0.4 is 5.32 Å². The van der Waals surface area contributed by atoms with Crippen LogP contribution in [0.25, 0.3) is 0 Å². The highest BCUT2D eigenvalue weighted by Gasteiger charge is 2.34. The lowest BCUT2D eigenvalue weighted by Gasteiger charge is -2.45. The molecule has 2 N–H and O–H groups in total. The van der Waals surface area contributed by atoms with Gasteiger partial charge in [-0.2, -0.15) is 0 Å². The minimum atomic E-state index is -1.04. The number of likely N-dealkylation sites (N-methyl/N-ethyl adjacent to an activating group) is 1. The molecular formula is C14H21N3O3S. The molecular weight excluding hydrogens is 290 g/mol. The topological polar surface area (TPSA) is 72.9 Å². The molecule has 2 amide bonds. The van der Waals surface area contributed by atoms with Crippen LogP contribution in [-0.4, -0.2) is 59.1 Å². The number of carboxylic acids is 1. The number of urea groups is 1. The Morgan fingerprint density at radius 2 is 2.14 bits per heavy atom. The predicted molar refractivity (Wildman–Crippen MR) is 81.5 cm³/mol. The molecule has 0 saturated carbocycles. The molecule has 6 nitrogen and oxygen atoms in total. The first-order valence-electron chi connectivity index (χ1n) is 6.84. The molecule has 2 rings (SSSR count). The minimum absolute atomic E-state index is 0.114. The van der Waals surface area contributed by atoms with E-state index in [0.717, 1.165) is 6.54 Å². The normalized spacial score (nSPS) is 20.0. The van der Waals surface area contributed by atoms with E-state index in [-0.39, 0.29) is 11.6 Å². The summed E-state index contributed by atoms with van der Waals surface area (Å²) in [5.41, 5.74) is -0.114. The number of carboxylic acid groups (broad SMARTS) is 1. The molecule has 0 aromatic carbocycles. The summed E-state index contributed by atoms with van der Waals surface area (Å²) in [6, 6.07) is 2.19. The molecule has 1 fully saturated rings. The first kappa shape index (κ1) is 15.8. The number of amides is 2. The Morgan fingerprint density at radius 3 is 2.67 bits per heavy atom. The summed E-state index contributed by atoms with van der Waals surface area (Å²) < 4.78 is 0. The number of nitrogens with one attached hydrogen (secondary N) is 1. The van der Waals surface area contributed by atoms with Crippen LogP contribution in [0.1, 0.15) is 24.8 Å². The van der Waals surface area contributed by atoms with E-state index in [2.05, 4.69) is 24.1 Å². The maximum atomic E-state index is 12.3. The Kier molecular flexibility index (Phi) is 4.53. The molecule has 1 aromatic rings. The summed E-state index contributed by atoms with van der Waals surface area (Å²) in [7, 11) is 2.03. The van der Waals surface area contributed by atoms with E-state index >= 15 is 0 Å². The van der Waals surface area contributed by atoms with Crippen LogP contribution in [0.3, 0.4) is 0 Å². The highest BCUT2D eigenvalue weighted by molar-refractivity contribution is 7.10. The van der Waals surface area contributed by atoms with Crippen molar-refractivity contribution in [1.29, 1.82) is 0 Å². The zero-order valence-electron chi connectivity index (χ0n) is 12.5. The monoisotopic (exact) mass is 311 g/mol. The van der Waals surface area contributed by atoms with Crippen molar-refractivity contribution < 1.29 is 14.7 Å². The molecule has 116 valence electrons. The fourth-order valence-corrected chi connectivity index (χ4v) is 3.11. The van der Waals surface area contributed by atoms with Gasteiger partial charge in [-0.25, -0.2) is 9.59 Å². The van der Waals surface area contributed by atoms with Crippen molar-refractivity contribution in [1.82, 2.24) is 15.1 Å². The Labute approximate surface area is 128 Å². The number of hydrogen-bond acceptors (Lipinski definition) is 4. The Bertz CT molecular complexity index is 516. The zero-order chi connectivity index (χ0) is 15.6. The summed E-state index contributed by atoms with van der Waals surface area (Å²) in [5.74, 6) is -1.04. The average molecular weight is 311 g/mol. The molecule has 0 spiro atoms. The van der Waals surface area contributed by atoms with E-state index < -0.39 is 12.0 Å². The largest absolute Gasteiger partial charge is 0.479 e.